The normalized spacial score (nSPS) is 12.9. The fourth-order valence-electron chi connectivity index (χ4n) is 1.05. The van der Waals surface area contributed by atoms with Crippen LogP contribution in [0.4, 0.5) is 4.39 Å². The Balaban J connectivity index is 2.58. The van der Waals surface area contributed by atoms with Gasteiger partial charge in [-0.3, -0.25) is 0 Å². The van der Waals surface area contributed by atoms with Gasteiger partial charge in [0.05, 0.1) is 0 Å². The van der Waals surface area contributed by atoms with E-state index in [1.807, 2.05) is 6.92 Å². The maximum absolute atomic E-state index is 12.5. The third-order valence-corrected chi connectivity index (χ3v) is 1.89. The first-order valence-corrected chi connectivity index (χ1v) is 4.05. The van der Waals surface area contributed by atoms with Gasteiger partial charge in [0, 0.05) is 0 Å². The quantitative estimate of drug-likeness (QED) is 0.655. The SMILES string of the molecule is C[N-]C(C)Cc1ccc(F)cc1. The highest BCUT2D eigenvalue weighted by Crippen LogP contribution is 2.08. The first kappa shape index (κ1) is 9.20. The number of hydrogen-bond donors (Lipinski definition) is 0. The van der Waals surface area contributed by atoms with E-state index in [0.717, 1.165) is 12.0 Å². The molecule has 0 aliphatic heterocycles. The molecule has 0 spiro atoms. The first-order chi connectivity index (χ1) is 5.72. The Morgan fingerprint density at radius 1 is 1.33 bits per heavy atom. The molecule has 0 saturated heterocycles. The van der Waals surface area contributed by atoms with Crippen LogP contribution in [0, 0.1) is 5.82 Å². The van der Waals surface area contributed by atoms with Gasteiger partial charge in [-0.1, -0.05) is 19.1 Å². The molecule has 0 bridgehead atoms. The fraction of sp³-hybridized carbons (Fsp3) is 0.400. The van der Waals surface area contributed by atoms with Crippen LogP contribution in [-0.4, -0.2) is 13.1 Å². The van der Waals surface area contributed by atoms with Crippen molar-refractivity contribution in [3.05, 3.63) is 41.0 Å². The summed E-state index contributed by atoms with van der Waals surface area (Å²) >= 11 is 0. The van der Waals surface area contributed by atoms with Crippen LogP contribution in [0.2, 0.25) is 0 Å². The van der Waals surface area contributed by atoms with E-state index in [-0.39, 0.29) is 5.82 Å². The highest BCUT2D eigenvalue weighted by Gasteiger charge is 1.94. The summed E-state index contributed by atoms with van der Waals surface area (Å²) in [7, 11) is 1.80. The third kappa shape index (κ3) is 2.62. The van der Waals surface area contributed by atoms with Crippen LogP contribution in [0.25, 0.3) is 5.32 Å². The number of rotatable bonds is 3. The Labute approximate surface area is 72.6 Å². The average Bonchev–Trinajstić information content (AvgIpc) is 2.09. The van der Waals surface area contributed by atoms with E-state index in [1.54, 1.807) is 19.2 Å². The minimum atomic E-state index is -0.181. The lowest BCUT2D eigenvalue weighted by molar-refractivity contribution is 0.626. The van der Waals surface area contributed by atoms with Crippen molar-refractivity contribution in [2.45, 2.75) is 19.4 Å². The summed E-state index contributed by atoms with van der Waals surface area (Å²) in [6.07, 6.45) is 0.886. The molecule has 0 heterocycles. The van der Waals surface area contributed by atoms with Gasteiger partial charge in [-0.25, -0.2) is 4.39 Å². The van der Waals surface area contributed by atoms with Gasteiger partial charge >= 0.3 is 0 Å². The lowest BCUT2D eigenvalue weighted by Gasteiger charge is -2.22. The molecule has 1 atom stereocenters. The van der Waals surface area contributed by atoms with Crippen molar-refractivity contribution in [3.63, 3.8) is 0 Å². The zero-order chi connectivity index (χ0) is 8.97. The van der Waals surface area contributed by atoms with Crippen LogP contribution in [0.1, 0.15) is 12.5 Å². The summed E-state index contributed by atoms with van der Waals surface area (Å²) in [5.74, 6) is -0.181. The van der Waals surface area contributed by atoms with Crippen molar-refractivity contribution in [3.8, 4) is 0 Å². The number of benzene rings is 1. The number of likely N-dealkylation sites (N-methyl/N-ethyl adjacent to an activating group) is 1. The standard InChI is InChI=1S/C10H13FN/c1-8(12-2)7-9-3-5-10(11)6-4-9/h3-6,8H,7H2,1-2H3/q-1. The van der Waals surface area contributed by atoms with E-state index in [4.69, 9.17) is 0 Å². The Morgan fingerprint density at radius 2 is 1.92 bits per heavy atom. The molecule has 0 radical (unpaired) electrons. The molecule has 1 aromatic carbocycles. The molecular weight excluding hydrogens is 153 g/mol. The minimum absolute atomic E-state index is 0.181. The number of halogens is 1. The van der Waals surface area contributed by atoms with E-state index in [2.05, 4.69) is 5.32 Å². The van der Waals surface area contributed by atoms with Gasteiger partial charge in [0.2, 0.25) is 0 Å². The second-order valence-electron chi connectivity index (χ2n) is 2.94. The Kier molecular flexibility index (Phi) is 3.23. The van der Waals surface area contributed by atoms with E-state index in [0.29, 0.717) is 6.04 Å². The maximum atomic E-state index is 12.5. The van der Waals surface area contributed by atoms with Crippen LogP contribution in [-0.2, 0) is 6.42 Å². The molecule has 12 heavy (non-hydrogen) atoms. The lowest BCUT2D eigenvalue weighted by Crippen LogP contribution is -2.03. The molecule has 1 nitrogen and oxygen atoms in total. The molecule has 1 unspecified atom stereocenters. The molecule has 0 fully saturated rings. The van der Waals surface area contributed by atoms with Crippen molar-refractivity contribution in [1.29, 1.82) is 0 Å². The van der Waals surface area contributed by atoms with Gasteiger partial charge in [-0.15, -0.1) is 6.04 Å². The summed E-state index contributed by atoms with van der Waals surface area (Å²) < 4.78 is 12.5. The van der Waals surface area contributed by atoms with Gasteiger partial charge in [0.25, 0.3) is 0 Å². The van der Waals surface area contributed by atoms with Crippen LogP contribution in [0.5, 0.6) is 0 Å². The van der Waals surface area contributed by atoms with E-state index in [9.17, 15) is 4.39 Å². The Bertz CT molecular complexity index is 230. The van der Waals surface area contributed by atoms with Crippen molar-refractivity contribution >= 4 is 0 Å². The van der Waals surface area contributed by atoms with Crippen LogP contribution in [0.3, 0.4) is 0 Å². The minimum Gasteiger partial charge on any atom is -0.662 e. The Hall–Kier alpha value is -0.890. The van der Waals surface area contributed by atoms with Crippen molar-refractivity contribution in [2.75, 3.05) is 7.05 Å². The van der Waals surface area contributed by atoms with Crippen LogP contribution in [0.15, 0.2) is 24.3 Å². The average molecular weight is 166 g/mol. The highest BCUT2D eigenvalue weighted by atomic mass is 19.1. The molecule has 1 rings (SSSR count). The summed E-state index contributed by atoms with van der Waals surface area (Å²) in [5.41, 5.74) is 1.13. The molecule has 2 heteroatoms. The molecule has 66 valence electrons. The summed E-state index contributed by atoms with van der Waals surface area (Å²) in [6.45, 7) is 2.04. The van der Waals surface area contributed by atoms with Crippen LogP contribution >= 0.6 is 0 Å². The van der Waals surface area contributed by atoms with Gasteiger partial charge in [0.1, 0.15) is 5.82 Å². The smallest absolute Gasteiger partial charge is 0.123 e. The number of hydrogen-bond acceptors (Lipinski definition) is 0. The van der Waals surface area contributed by atoms with Crippen LogP contribution < -0.4 is 0 Å². The summed E-state index contributed by atoms with van der Waals surface area (Å²) in [4.78, 5) is 0. The zero-order valence-electron chi connectivity index (χ0n) is 7.42. The van der Waals surface area contributed by atoms with Crippen molar-refractivity contribution in [2.24, 2.45) is 0 Å². The second-order valence-corrected chi connectivity index (χ2v) is 2.94. The Morgan fingerprint density at radius 3 is 2.42 bits per heavy atom. The molecule has 0 saturated carbocycles. The van der Waals surface area contributed by atoms with E-state index < -0.39 is 0 Å². The van der Waals surface area contributed by atoms with Gasteiger partial charge in [-0.2, -0.15) is 7.05 Å². The fourth-order valence-corrected chi connectivity index (χ4v) is 1.05. The van der Waals surface area contributed by atoms with Gasteiger partial charge in [-0.05, 0) is 24.1 Å². The predicted molar refractivity (Wildman–Crippen MR) is 48.8 cm³/mol. The second kappa shape index (κ2) is 4.21. The predicted octanol–water partition coefficient (Wildman–Crippen LogP) is 2.76. The van der Waals surface area contributed by atoms with Gasteiger partial charge < -0.3 is 5.32 Å². The topological polar surface area (TPSA) is 14.1 Å². The monoisotopic (exact) mass is 166 g/mol. The number of nitrogens with zero attached hydrogens (tertiary/aromatic N) is 1. The summed E-state index contributed by atoms with van der Waals surface area (Å²) in [5, 5.41) is 4.11. The molecule has 0 N–H and O–H groups in total. The van der Waals surface area contributed by atoms with E-state index >= 15 is 0 Å². The lowest BCUT2D eigenvalue weighted by atomic mass is 10.1. The van der Waals surface area contributed by atoms with Gasteiger partial charge in [0.15, 0.2) is 0 Å². The van der Waals surface area contributed by atoms with Crippen molar-refractivity contribution in [1.82, 2.24) is 0 Å². The molecule has 0 amide bonds. The molecule has 1 aromatic rings. The molecule has 0 aliphatic carbocycles. The molecule has 0 aliphatic rings. The maximum Gasteiger partial charge on any atom is 0.123 e. The largest absolute Gasteiger partial charge is 0.662 e. The molecule has 0 aromatic heterocycles. The summed E-state index contributed by atoms with van der Waals surface area (Å²) in [6, 6.07) is 6.89. The zero-order valence-corrected chi connectivity index (χ0v) is 7.42. The first-order valence-electron chi connectivity index (χ1n) is 4.05. The third-order valence-electron chi connectivity index (χ3n) is 1.89. The van der Waals surface area contributed by atoms with E-state index in [1.165, 1.54) is 12.1 Å². The van der Waals surface area contributed by atoms with Crippen molar-refractivity contribution < 1.29 is 4.39 Å². The molecular formula is C10H13FN-. The highest BCUT2D eigenvalue weighted by molar-refractivity contribution is 5.18.